The molecule has 7 fully saturated rings. The van der Waals surface area contributed by atoms with Crippen molar-refractivity contribution >= 4 is 41.8 Å². The lowest BCUT2D eigenvalue weighted by Gasteiger charge is -2.71. The van der Waals surface area contributed by atoms with Crippen LogP contribution in [0.1, 0.15) is 180 Å². The molecule has 3 heterocycles. The summed E-state index contributed by atoms with van der Waals surface area (Å²) in [7, 11) is 0. The van der Waals surface area contributed by atoms with Gasteiger partial charge < -0.3 is 71.8 Å². The molecule has 22 atom stereocenters. The number of aliphatic hydroxyl groups is 2. The van der Waals surface area contributed by atoms with E-state index in [1.165, 1.54) is 61.0 Å². The van der Waals surface area contributed by atoms with Gasteiger partial charge in [0, 0.05) is 13.8 Å². The molecule has 3 aliphatic heterocycles. The molecule has 0 unspecified atom stereocenters. The van der Waals surface area contributed by atoms with Gasteiger partial charge in [0.25, 0.3) is 0 Å². The minimum Gasteiger partial charge on any atom is -0.460 e. The first-order chi connectivity index (χ1) is 51.5. The molecule has 0 spiro atoms. The molecule has 3 saturated heterocycles. The molecule has 13 rings (SSSR count). The third-order valence-electron chi connectivity index (χ3n) is 25.6. The second-order valence-electron chi connectivity index (χ2n) is 33.0. The fourth-order valence-electron chi connectivity index (χ4n) is 19.7. The van der Waals surface area contributed by atoms with E-state index in [0.29, 0.717) is 6.42 Å². The highest BCUT2D eigenvalue weighted by Gasteiger charge is 2.70. The molecule has 5 aromatic carbocycles. The average molecular weight is 1490 g/mol. The lowest BCUT2D eigenvalue weighted by molar-refractivity contribution is -0.382. The Labute approximate surface area is 631 Å². The van der Waals surface area contributed by atoms with E-state index in [9.17, 15) is 43.8 Å². The standard InChI is InChI=1S/C86H102O22/c1-50-66(100-51(2)87)69(108-79-72(106-76(94)57-34-24-15-25-35-57)70(105-75(93)56-32-22-14-23-33-56)67(104-74(92)55-30-20-13-21-31-55)61(102-79)49-96-73(91)54-28-18-12-19-29-54)71(101-52(3)88)78(99-50)107-68-65(90)60(89)48-97-77(68)103-64-39-40-83(8)62(82(64,6)7)38-41-85(10)63(83)37-36-58-59-46-81(4,5)42-44-86(59,45-43-84(58,85)9)80(95)98-47-53-26-16-11-17-27-53/h11-36,50,59-72,77-79,89-90H,37-49H2,1-10H3/t50-,59-,60+,61+,62-,63+,64-,65-,66-,67+,68+,69+,70-,71+,72+,77-,78-,79-,83-,84+,85+,86-/m0/s1. The van der Waals surface area contributed by atoms with E-state index >= 15 is 0 Å². The summed E-state index contributed by atoms with van der Waals surface area (Å²) in [5.74, 6) is -5.16. The molecule has 2 N–H and O–H groups in total. The molecule has 108 heavy (non-hydrogen) atoms. The van der Waals surface area contributed by atoms with Crippen LogP contribution in [0.25, 0.3) is 0 Å². The van der Waals surface area contributed by atoms with Gasteiger partial charge in [-0.1, -0.05) is 163 Å². The van der Waals surface area contributed by atoms with Crippen LogP contribution in [0.5, 0.6) is 0 Å². The summed E-state index contributed by atoms with van der Waals surface area (Å²) < 4.78 is 84.2. The molecule has 578 valence electrons. The Morgan fingerprint density at radius 3 is 1.58 bits per heavy atom. The van der Waals surface area contributed by atoms with Crippen molar-refractivity contribution in [2.75, 3.05) is 13.2 Å². The van der Waals surface area contributed by atoms with E-state index in [0.717, 1.165) is 77.2 Å². The number of fused-ring (bicyclic) bond motifs is 7. The minimum atomic E-state index is -2.04. The SMILES string of the molecule is CC(=O)O[C@@H]1[C@@H](O[C@@H]2O[C@H](COC(=O)c3ccccc3)[C@@H](OC(=O)c3ccccc3)[C@H](OC(=O)c3ccccc3)[C@H]2OC(=O)c2ccccc2)[C@@H](OC(C)=O)[C@H](O[C@H]2[C@H](O[C@H]3CC[C@]4(C)[C@H]5CC=C6[C@@H]7CC(C)(C)CC[C@]7(C(=O)OCc7ccccc7)CC[C@@]6(C)[C@]5(C)CC[C@H]4C3(C)C)OC[C@@H](O)[C@@H]2O)O[C@H]1C. The summed E-state index contributed by atoms with van der Waals surface area (Å²) in [4.78, 5) is 99.7. The van der Waals surface area contributed by atoms with Crippen LogP contribution in [0.15, 0.2) is 163 Å². The van der Waals surface area contributed by atoms with Crippen LogP contribution in [0.3, 0.4) is 0 Å². The van der Waals surface area contributed by atoms with Crippen molar-refractivity contribution in [2.24, 2.45) is 50.2 Å². The maximum atomic E-state index is 14.8. The second kappa shape index (κ2) is 31.7. The van der Waals surface area contributed by atoms with Gasteiger partial charge in [0.2, 0.25) is 0 Å². The molecule has 5 aromatic rings. The summed E-state index contributed by atoms with van der Waals surface area (Å²) in [6.45, 7) is 19.5. The van der Waals surface area contributed by atoms with Gasteiger partial charge in [0.05, 0.1) is 46.5 Å². The monoisotopic (exact) mass is 1490 g/mol. The number of rotatable bonds is 20. The third kappa shape index (κ3) is 15.4. The van der Waals surface area contributed by atoms with E-state index in [2.05, 4.69) is 54.5 Å². The van der Waals surface area contributed by atoms with Gasteiger partial charge in [-0.25, -0.2) is 19.2 Å². The van der Waals surface area contributed by atoms with Crippen molar-refractivity contribution in [3.05, 3.63) is 191 Å². The first-order valence-corrected chi connectivity index (χ1v) is 38.1. The zero-order valence-electron chi connectivity index (χ0n) is 63.2. The predicted octanol–water partition coefficient (Wildman–Crippen LogP) is 12.6. The van der Waals surface area contributed by atoms with Gasteiger partial charge in [-0.15, -0.1) is 0 Å². The van der Waals surface area contributed by atoms with Gasteiger partial charge in [-0.2, -0.15) is 0 Å². The number of esters is 7. The second-order valence-corrected chi connectivity index (χ2v) is 33.0. The van der Waals surface area contributed by atoms with Crippen LogP contribution in [-0.4, -0.2) is 157 Å². The number of benzene rings is 5. The Hall–Kier alpha value is -8.19. The quantitative estimate of drug-likeness (QED) is 0.0317. The van der Waals surface area contributed by atoms with Crippen molar-refractivity contribution < 1.29 is 105 Å². The number of hydrogen-bond acceptors (Lipinski definition) is 22. The van der Waals surface area contributed by atoms with Crippen LogP contribution in [0.2, 0.25) is 0 Å². The highest BCUT2D eigenvalue weighted by molar-refractivity contribution is 5.92. The zero-order chi connectivity index (χ0) is 76.7. The molecule has 4 saturated carbocycles. The lowest BCUT2D eigenvalue weighted by Crippen LogP contribution is -2.68. The van der Waals surface area contributed by atoms with E-state index in [-0.39, 0.29) is 80.9 Å². The largest absolute Gasteiger partial charge is 0.460 e. The Morgan fingerprint density at radius 2 is 1.00 bits per heavy atom. The number of carbonyl (C=O) groups excluding carboxylic acids is 7. The molecule has 0 bridgehead atoms. The molecule has 22 heteroatoms. The van der Waals surface area contributed by atoms with Crippen molar-refractivity contribution in [1.29, 1.82) is 0 Å². The first kappa shape index (κ1) is 77.9. The molecular formula is C86H102O22. The van der Waals surface area contributed by atoms with Gasteiger partial charge in [0.15, 0.2) is 49.4 Å². The summed E-state index contributed by atoms with van der Waals surface area (Å²) in [6, 6.07) is 41.3. The predicted molar refractivity (Wildman–Crippen MR) is 389 cm³/mol. The Morgan fingerprint density at radius 1 is 0.491 bits per heavy atom. The average Bonchev–Trinajstić information content (AvgIpc) is 0.675. The topological polar surface area (TPSA) is 280 Å². The van der Waals surface area contributed by atoms with E-state index in [4.69, 9.17) is 61.6 Å². The van der Waals surface area contributed by atoms with Crippen LogP contribution >= 0.6 is 0 Å². The lowest BCUT2D eigenvalue weighted by atomic mass is 9.33. The number of carbonyl (C=O) groups is 7. The Kier molecular flexibility index (Phi) is 22.8. The van der Waals surface area contributed by atoms with Gasteiger partial charge in [-0.05, 0) is 170 Å². The van der Waals surface area contributed by atoms with Crippen molar-refractivity contribution in [3.63, 3.8) is 0 Å². The number of ether oxygens (including phenoxy) is 13. The summed E-state index contributed by atoms with van der Waals surface area (Å²) in [5.41, 5.74) is 1.07. The Balaban J connectivity index is 0.806. The Bertz CT molecular complexity index is 4060. The van der Waals surface area contributed by atoms with Gasteiger partial charge >= 0.3 is 41.8 Å². The van der Waals surface area contributed by atoms with Crippen LogP contribution in [-0.2, 0) is 82.6 Å². The molecule has 8 aliphatic rings. The number of allylic oxidation sites excluding steroid dienone is 2. The van der Waals surface area contributed by atoms with E-state index in [1.807, 2.05) is 30.3 Å². The highest BCUT2D eigenvalue weighted by Crippen LogP contribution is 2.76. The smallest absolute Gasteiger partial charge is 0.338 e. The molecular weight excluding hydrogens is 1380 g/mol. The molecule has 5 aliphatic carbocycles. The first-order valence-electron chi connectivity index (χ1n) is 38.1. The van der Waals surface area contributed by atoms with Crippen LogP contribution in [0.4, 0.5) is 0 Å². The normalized spacial score (nSPS) is 35.9. The van der Waals surface area contributed by atoms with Crippen LogP contribution < -0.4 is 0 Å². The number of aliphatic hydroxyl groups excluding tert-OH is 2. The van der Waals surface area contributed by atoms with Gasteiger partial charge in [0.1, 0.15) is 43.7 Å². The molecule has 0 amide bonds. The van der Waals surface area contributed by atoms with E-state index < -0.39 is 145 Å². The zero-order valence-corrected chi connectivity index (χ0v) is 63.2. The highest BCUT2D eigenvalue weighted by atomic mass is 16.8. The number of hydrogen-bond donors (Lipinski definition) is 2. The van der Waals surface area contributed by atoms with Crippen molar-refractivity contribution in [1.82, 2.24) is 0 Å². The third-order valence-corrected chi connectivity index (χ3v) is 25.6. The maximum absolute atomic E-state index is 14.8. The fraction of sp³-hybridized carbons (Fsp3) is 0.547. The van der Waals surface area contributed by atoms with Gasteiger partial charge in [-0.3, -0.25) is 14.4 Å². The fourth-order valence-corrected chi connectivity index (χ4v) is 19.7. The molecule has 0 radical (unpaired) electrons. The molecule has 22 nitrogen and oxygen atoms in total. The summed E-state index contributed by atoms with van der Waals surface area (Å²) >= 11 is 0. The molecule has 0 aromatic heterocycles. The maximum Gasteiger partial charge on any atom is 0.338 e. The van der Waals surface area contributed by atoms with Crippen molar-refractivity contribution in [2.45, 2.75) is 232 Å². The van der Waals surface area contributed by atoms with Crippen LogP contribution in [0, 0.1) is 50.2 Å². The van der Waals surface area contributed by atoms with E-state index in [1.54, 1.807) is 72.8 Å². The summed E-state index contributed by atoms with van der Waals surface area (Å²) in [6.07, 6.45) is -13.3. The minimum absolute atomic E-state index is 0.00965. The summed E-state index contributed by atoms with van der Waals surface area (Å²) in [5, 5.41) is 23.8. The van der Waals surface area contributed by atoms with Crippen molar-refractivity contribution in [3.8, 4) is 0 Å².